The molecule has 2 rings (SSSR count). The largest absolute Gasteiger partial charge is 0.382 e. The van der Waals surface area contributed by atoms with Gasteiger partial charge in [-0.1, -0.05) is 32.9 Å². The fourth-order valence-electron chi connectivity index (χ4n) is 3.14. The van der Waals surface area contributed by atoms with Crippen LogP contribution in [0.5, 0.6) is 0 Å². The summed E-state index contributed by atoms with van der Waals surface area (Å²) in [4.78, 5) is 26.6. The normalized spacial score (nSPS) is 16.4. The van der Waals surface area contributed by atoms with E-state index in [0.29, 0.717) is 5.69 Å². The zero-order valence-electron chi connectivity index (χ0n) is 16.8. The Morgan fingerprint density at radius 2 is 1.78 bits per heavy atom. The monoisotopic (exact) mass is 376 g/mol. The summed E-state index contributed by atoms with van der Waals surface area (Å²) in [5, 5.41) is 9.03. The molecule has 1 unspecified atom stereocenters. The third-order valence-corrected chi connectivity index (χ3v) is 4.57. The van der Waals surface area contributed by atoms with Gasteiger partial charge in [0, 0.05) is 26.2 Å². The lowest BCUT2D eigenvalue weighted by atomic mass is 9.84. The number of nitrogens with zero attached hydrogens (tertiary/aromatic N) is 1. The fourth-order valence-corrected chi connectivity index (χ4v) is 3.14. The number of carbonyl (C=O) groups is 2. The summed E-state index contributed by atoms with van der Waals surface area (Å²) in [5.74, 6) is -0.0606. The molecule has 1 aromatic rings. The van der Waals surface area contributed by atoms with E-state index in [1.807, 2.05) is 45.0 Å². The van der Waals surface area contributed by atoms with Crippen LogP contribution in [-0.4, -0.2) is 62.1 Å². The zero-order valence-corrected chi connectivity index (χ0v) is 16.8. The van der Waals surface area contributed by atoms with E-state index >= 15 is 0 Å². The molecule has 27 heavy (non-hydrogen) atoms. The Hall–Kier alpha value is -2.12. The molecule has 150 valence electrons. The van der Waals surface area contributed by atoms with Gasteiger partial charge in [-0.3, -0.25) is 9.69 Å². The van der Waals surface area contributed by atoms with Gasteiger partial charge in [0.25, 0.3) is 0 Å². The van der Waals surface area contributed by atoms with Crippen LogP contribution in [0.15, 0.2) is 24.3 Å². The highest BCUT2D eigenvalue weighted by atomic mass is 16.5. The number of urea groups is 1. The van der Waals surface area contributed by atoms with Gasteiger partial charge in [-0.25, -0.2) is 4.79 Å². The molecule has 1 saturated heterocycles. The molecule has 7 nitrogen and oxygen atoms in total. The number of hydrogen-bond acceptors (Lipinski definition) is 5. The first-order valence-electron chi connectivity index (χ1n) is 9.48. The molecular formula is C20H32N4O3. The highest BCUT2D eigenvalue weighted by molar-refractivity contribution is 5.96. The average molecular weight is 377 g/mol. The predicted octanol–water partition coefficient (Wildman–Crippen LogP) is 2.56. The number of ketones is 1. The molecule has 7 heteroatoms. The van der Waals surface area contributed by atoms with E-state index in [2.05, 4.69) is 20.9 Å². The molecule has 0 bridgehead atoms. The maximum Gasteiger partial charge on any atom is 0.319 e. The number of benzene rings is 1. The molecule has 3 N–H and O–H groups in total. The summed E-state index contributed by atoms with van der Waals surface area (Å²) in [6.07, 6.45) is 0. The van der Waals surface area contributed by atoms with Crippen LogP contribution in [0.1, 0.15) is 27.7 Å². The Labute approximate surface area is 161 Å². The molecule has 0 aromatic heterocycles. The van der Waals surface area contributed by atoms with Crippen molar-refractivity contribution in [2.24, 2.45) is 5.41 Å². The first-order chi connectivity index (χ1) is 12.8. The van der Waals surface area contributed by atoms with Gasteiger partial charge in [0.2, 0.25) is 0 Å². The van der Waals surface area contributed by atoms with Crippen LogP contribution in [0, 0.1) is 5.41 Å². The van der Waals surface area contributed by atoms with E-state index in [-0.39, 0.29) is 17.2 Å². The number of anilines is 2. The molecule has 1 heterocycles. The number of nitrogens with one attached hydrogen (secondary N) is 3. The van der Waals surface area contributed by atoms with Crippen LogP contribution in [0.2, 0.25) is 0 Å². The highest BCUT2D eigenvalue weighted by Gasteiger charge is 2.30. The molecule has 1 aliphatic rings. The van der Waals surface area contributed by atoms with Crippen LogP contribution in [0.4, 0.5) is 16.2 Å². The Morgan fingerprint density at radius 1 is 1.15 bits per heavy atom. The molecule has 1 aliphatic heterocycles. The van der Waals surface area contributed by atoms with Gasteiger partial charge in [-0.2, -0.15) is 0 Å². The molecule has 2 amide bonds. The number of rotatable bonds is 7. The number of morpholine rings is 1. The van der Waals surface area contributed by atoms with Gasteiger partial charge in [0.15, 0.2) is 5.78 Å². The van der Waals surface area contributed by atoms with Gasteiger partial charge in [-0.15, -0.1) is 0 Å². The van der Waals surface area contributed by atoms with Gasteiger partial charge >= 0.3 is 6.03 Å². The maximum absolute atomic E-state index is 12.4. The molecular weight excluding hydrogens is 344 g/mol. The van der Waals surface area contributed by atoms with Crippen molar-refractivity contribution in [1.82, 2.24) is 10.2 Å². The van der Waals surface area contributed by atoms with Crippen molar-refractivity contribution in [1.29, 1.82) is 0 Å². The number of Topliss-reactive ketones (excluding diaryl/α,β-unsaturated/α-hetero) is 1. The number of para-hydroxylation sites is 2. The second kappa shape index (κ2) is 9.71. The van der Waals surface area contributed by atoms with Crippen molar-refractivity contribution >= 4 is 23.2 Å². The first kappa shape index (κ1) is 21.2. The van der Waals surface area contributed by atoms with Crippen molar-refractivity contribution in [2.45, 2.75) is 33.7 Å². The number of amides is 2. The van der Waals surface area contributed by atoms with Gasteiger partial charge < -0.3 is 20.7 Å². The van der Waals surface area contributed by atoms with Crippen LogP contribution < -0.4 is 16.0 Å². The minimum Gasteiger partial charge on any atom is -0.382 e. The highest BCUT2D eigenvalue weighted by Crippen LogP contribution is 2.22. The molecule has 0 aliphatic carbocycles. The van der Waals surface area contributed by atoms with E-state index in [0.717, 1.165) is 45.1 Å². The molecule has 0 spiro atoms. The van der Waals surface area contributed by atoms with E-state index in [9.17, 15) is 9.59 Å². The minimum absolute atomic E-state index is 0.0606. The lowest BCUT2D eigenvalue weighted by Gasteiger charge is -2.29. The Kier molecular flexibility index (Phi) is 7.62. The average Bonchev–Trinajstić information content (AvgIpc) is 2.61. The van der Waals surface area contributed by atoms with Crippen LogP contribution in [0.25, 0.3) is 0 Å². The second-order valence-electron chi connectivity index (χ2n) is 7.93. The van der Waals surface area contributed by atoms with Crippen LogP contribution >= 0.6 is 0 Å². The number of hydrogen-bond donors (Lipinski definition) is 3. The van der Waals surface area contributed by atoms with Crippen LogP contribution in [-0.2, 0) is 9.53 Å². The lowest BCUT2D eigenvalue weighted by Crippen LogP contribution is -2.49. The topological polar surface area (TPSA) is 82.7 Å². The Bertz CT molecular complexity index is 636. The minimum atomic E-state index is -0.543. The third kappa shape index (κ3) is 6.84. The number of ether oxygens (including phenoxy) is 1. The van der Waals surface area contributed by atoms with Crippen molar-refractivity contribution in [3.8, 4) is 0 Å². The summed E-state index contributed by atoms with van der Waals surface area (Å²) in [6, 6.07) is 6.65. The first-order valence-corrected chi connectivity index (χ1v) is 9.48. The lowest BCUT2D eigenvalue weighted by molar-refractivity contribution is -0.120. The van der Waals surface area contributed by atoms with Gasteiger partial charge in [-0.05, 0) is 24.5 Å². The molecule has 0 radical (unpaired) electrons. The van der Waals surface area contributed by atoms with Crippen molar-refractivity contribution in [2.75, 3.05) is 50.0 Å². The molecule has 0 saturated carbocycles. The van der Waals surface area contributed by atoms with Crippen LogP contribution in [0.3, 0.4) is 0 Å². The SMILES string of the molecule is CC(=O)C(NC(=O)Nc1ccccc1NCCN1CCOCC1)C(C)(C)C. The molecule has 1 atom stereocenters. The van der Waals surface area contributed by atoms with Gasteiger partial charge in [0.05, 0.1) is 30.6 Å². The quantitative estimate of drug-likeness (QED) is 0.681. The number of carbonyl (C=O) groups excluding carboxylic acids is 2. The summed E-state index contributed by atoms with van der Waals surface area (Å²) in [5.41, 5.74) is 1.20. The van der Waals surface area contributed by atoms with E-state index in [1.165, 1.54) is 6.92 Å². The summed E-state index contributed by atoms with van der Waals surface area (Å²) >= 11 is 0. The predicted molar refractivity (Wildman–Crippen MR) is 108 cm³/mol. The standard InChI is InChI=1S/C20H32N4O3/c1-15(25)18(20(2,3)4)23-19(26)22-17-8-6-5-7-16(17)21-9-10-24-11-13-27-14-12-24/h5-8,18,21H,9-14H2,1-4H3,(H2,22,23,26). The smallest absolute Gasteiger partial charge is 0.319 e. The van der Waals surface area contributed by atoms with Gasteiger partial charge in [0.1, 0.15) is 0 Å². The zero-order chi connectivity index (χ0) is 19.9. The summed E-state index contributed by atoms with van der Waals surface area (Å²) in [6.45, 7) is 12.4. The second-order valence-corrected chi connectivity index (χ2v) is 7.93. The van der Waals surface area contributed by atoms with Crippen molar-refractivity contribution < 1.29 is 14.3 Å². The molecule has 1 aromatic carbocycles. The van der Waals surface area contributed by atoms with E-state index < -0.39 is 6.04 Å². The van der Waals surface area contributed by atoms with E-state index in [1.54, 1.807) is 0 Å². The fraction of sp³-hybridized carbons (Fsp3) is 0.600. The summed E-state index contributed by atoms with van der Waals surface area (Å²) in [7, 11) is 0. The molecule has 1 fully saturated rings. The van der Waals surface area contributed by atoms with E-state index in [4.69, 9.17) is 4.74 Å². The van der Waals surface area contributed by atoms with Crippen molar-refractivity contribution in [3.05, 3.63) is 24.3 Å². The van der Waals surface area contributed by atoms with Crippen molar-refractivity contribution in [3.63, 3.8) is 0 Å². The Morgan fingerprint density at radius 3 is 2.37 bits per heavy atom. The maximum atomic E-state index is 12.4. The Balaban J connectivity index is 1.92. The summed E-state index contributed by atoms with van der Waals surface area (Å²) < 4.78 is 5.36. The third-order valence-electron chi connectivity index (χ3n) is 4.57.